The van der Waals surface area contributed by atoms with Crippen molar-refractivity contribution in [1.82, 2.24) is 4.31 Å². The maximum absolute atomic E-state index is 12.8. The first-order valence-electron chi connectivity index (χ1n) is 6.85. The summed E-state index contributed by atoms with van der Waals surface area (Å²) in [4.78, 5) is 11.7. The summed E-state index contributed by atoms with van der Waals surface area (Å²) < 4.78 is 41.3. The molecule has 2 atom stereocenters. The number of ether oxygens (including phenoxy) is 3. The van der Waals surface area contributed by atoms with E-state index in [1.54, 1.807) is 0 Å². The summed E-state index contributed by atoms with van der Waals surface area (Å²) in [6.07, 6.45) is -0.923. The van der Waals surface area contributed by atoms with Gasteiger partial charge in [0.2, 0.25) is 10.0 Å². The van der Waals surface area contributed by atoms with Crippen LogP contribution in [-0.2, 0) is 19.6 Å². The zero-order valence-corrected chi connectivity index (χ0v) is 13.9. The number of benzene rings is 1. The van der Waals surface area contributed by atoms with Gasteiger partial charge in [-0.2, -0.15) is 4.31 Å². The van der Waals surface area contributed by atoms with Crippen LogP contribution in [0.1, 0.15) is 6.42 Å². The van der Waals surface area contributed by atoms with Gasteiger partial charge in [-0.25, -0.2) is 8.42 Å². The number of sulfonamides is 1. The Morgan fingerprint density at radius 1 is 1.22 bits per heavy atom. The fourth-order valence-corrected chi connectivity index (χ4v) is 4.15. The molecule has 1 heterocycles. The average molecular weight is 345 g/mol. The molecular weight excluding hydrogens is 326 g/mol. The quantitative estimate of drug-likeness (QED) is 0.749. The highest BCUT2D eigenvalue weighted by atomic mass is 32.2. The molecular formula is C14H19NO7S. The van der Waals surface area contributed by atoms with Crippen LogP contribution in [-0.4, -0.2) is 63.8 Å². The van der Waals surface area contributed by atoms with Gasteiger partial charge < -0.3 is 19.3 Å². The van der Waals surface area contributed by atoms with Crippen LogP contribution in [0.5, 0.6) is 11.5 Å². The van der Waals surface area contributed by atoms with E-state index in [1.165, 1.54) is 39.5 Å². The van der Waals surface area contributed by atoms with E-state index in [0.29, 0.717) is 5.75 Å². The highest BCUT2D eigenvalue weighted by Crippen LogP contribution is 2.33. The molecule has 8 nitrogen and oxygen atoms in total. The van der Waals surface area contributed by atoms with Crippen molar-refractivity contribution in [3.63, 3.8) is 0 Å². The smallest absolute Gasteiger partial charge is 0.324 e. The Morgan fingerprint density at radius 3 is 2.43 bits per heavy atom. The second-order valence-electron chi connectivity index (χ2n) is 5.02. The van der Waals surface area contributed by atoms with Gasteiger partial charge in [-0.05, 0) is 12.1 Å². The van der Waals surface area contributed by atoms with Gasteiger partial charge in [-0.3, -0.25) is 4.79 Å². The van der Waals surface area contributed by atoms with E-state index < -0.39 is 28.1 Å². The Bertz CT molecular complexity index is 688. The maximum atomic E-state index is 12.8. The maximum Gasteiger partial charge on any atom is 0.324 e. The average Bonchev–Trinajstić information content (AvgIpc) is 2.96. The number of aliphatic hydroxyl groups excluding tert-OH is 1. The van der Waals surface area contributed by atoms with Crippen molar-refractivity contribution in [2.75, 3.05) is 27.9 Å². The Hall–Kier alpha value is -1.84. The fourth-order valence-electron chi connectivity index (χ4n) is 2.51. The molecule has 1 fully saturated rings. The predicted molar refractivity (Wildman–Crippen MR) is 79.9 cm³/mol. The first kappa shape index (κ1) is 17.5. The zero-order valence-electron chi connectivity index (χ0n) is 13.1. The lowest BCUT2D eigenvalue weighted by atomic mass is 10.2. The molecule has 9 heteroatoms. The number of rotatable bonds is 5. The minimum absolute atomic E-state index is 0.000801. The van der Waals surface area contributed by atoms with Crippen LogP contribution in [0.2, 0.25) is 0 Å². The van der Waals surface area contributed by atoms with Crippen LogP contribution in [0, 0.1) is 0 Å². The molecule has 1 saturated heterocycles. The fraction of sp³-hybridized carbons (Fsp3) is 0.500. The number of methoxy groups -OCH3 is 3. The van der Waals surface area contributed by atoms with Crippen molar-refractivity contribution in [1.29, 1.82) is 0 Å². The lowest BCUT2D eigenvalue weighted by Gasteiger charge is -2.22. The van der Waals surface area contributed by atoms with Gasteiger partial charge >= 0.3 is 5.97 Å². The molecule has 23 heavy (non-hydrogen) atoms. The molecule has 1 N–H and O–H groups in total. The monoisotopic (exact) mass is 345 g/mol. The third-order valence-electron chi connectivity index (χ3n) is 3.67. The van der Waals surface area contributed by atoms with E-state index >= 15 is 0 Å². The molecule has 0 amide bonds. The largest absolute Gasteiger partial charge is 0.493 e. The van der Waals surface area contributed by atoms with Crippen LogP contribution in [0.4, 0.5) is 0 Å². The van der Waals surface area contributed by atoms with Gasteiger partial charge in [0.1, 0.15) is 6.04 Å². The number of carbonyl (C=O) groups excluding carboxylic acids is 1. The topological polar surface area (TPSA) is 102 Å². The number of hydrogen-bond acceptors (Lipinski definition) is 7. The normalized spacial score (nSPS) is 21.9. The zero-order chi connectivity index (χ0) is 17.2. The lowest BCUT2D eigenvalue weighted by Crippen LogP contribution is -2.41. The van der Waals surface area contributed by atoms with E-state index in [9.17, 15) is 18.3 Å². The Morgan fingerprint density at radius 2 is 1.87 bits per heavy atom. The van der Waals surface area contributed by atoms with Gasteiger partial charge in [0.25, 0.3) is 0 Å². The van der Waals surface area contributed by atoms with E-state index in [2.05, 4.69) is 4.74 Å². The van der Waals surface area contributed by atoms with E-state index in [1.807, 2.05) is 0 Å². The van der Waals surface area contributed by atoms with E-state index in [4.69, 9.17) is 9.47 Å². The van der Waals surface area contributed by atoms with E-state index in [-0.39, 0.29) is 23.6 Å². The molecule has 0 aromatic heterocycles. The van der Waals surface area contributed by atoms with Gasteiger partial charge in [-0.1, -0.05) is 0 Å². The second-order valence-corrected chi connectivity index (χ2v) is 6.91. The Labute approximate surface area is 134 Å². The summed E-state index contributed by atoms with van der Waals surface area (Å²) in [7, 11) is 0.0129. The minimum Gasteiger partial charge on any atom is -0.493 e. The van der Waals surface area contributed by atoms with Crippen molar-refractivity contribution < 1.29 is 32.5 Å². The van der Waals surface area contributed by atoms with Crippen LogP contribution in [0.15, 0.2) is 23.1 Å². The lowest BCUT2D eigenvalue weighted by molar-refractivity contribution is -0.144. The first-order chi connectivity index (χ1) is 10.8. The van der Waals surface area contributed by atoms with Crippen molar-refractivity contribution >= 4 is 16.0 Å². The van der Waals surface area contributed by atoms with E-state index in [0.717, 1.165) is 4.31 Å². The number of hydrogen-bond donors (Lipinski definition) is 1. The summed E-state index contributed by atoms with van der Waals surface area (Å²) in [5, 5.41) is 9.75. The molecule has 0 bridgehead atoms. The molecule has 1 aliphatic heterocycles. The standard InChI is InChI=1S/C14H19NO7S/c1-20-12-5-4-10(7-13(12)21-2)23(18,19)15-8-9(16)6-11(15)14(17)22-3/h4-5,7,9,11,16H,6,8H2,1-3H3/t9-,11-/m1/s1. The summed E-state index contributed by atoms with van der Waals surface area (Å²) in [5.74, 6) is -0.0639. The molecule has 0 radical (unpaired) electrons. The third kappa shape index (κ3) is 3.26. The summed E-state index contributed by atoms with van der Waals surface area (Å²) in [5.41, 5.74) is 0. The van der Waals surface area contributed by atoms with Crippen molar-refractivity contribution in [3.8, 4) is 11.5 Å². The van der Waals surface area contributed by atoms with Crippen LogP contribution in [0.3, 0.4) is 0 Å². The van der Waals surface area contributed by atoms with Gasteiger partial charge in [0.15, 0.2) is 11.5 Å². The number of nitrogens with zero attached hydrogens (tertiary/aromatic N) is 1. The molecule has 0 spiro atoms. The van der Waals surface area contributed by atoms with Crippen LogP contribution in [0.25, 0.3) is 0 Å². The minimum atomic E-state index is -4.00. The first-order valence-corrected chi connectivity index (χ1v) is 8.29. The predicted octanol–water partition coefficient (Wildman–Crippen LogP) is 0.000700. The van der Waals surface area contributed by atoms with Gasteiger partial charge in [0, 0.05) is 19.0 Å². The number of esters is 1. The number of aliphatic hydroxyl groups is 1. The summed E-state index contributed by atoms with van der Waals surface area (Å²) >= 11 is 0. The van der Waals surface area contributed by atoms with Crippen molar-refractivity contribution in [2.45, 2.75) is 23.5 Å². The molecule has 0 unspecified atom stereocenters. The summed E-state index contributed by atoms with van der Waals surface area (Å²) in [6, 6.07) is 3.09. The molecule has 2 rings (SSSR count). The third-order valence-corrected chi connectivity index (χ3v) is 5.54. The summed E-state index contributed by atoms with van der Waals surface area (Å²) in [6.45, 7) is -0.170. The number of β-amino-alcohol motifs (C(OH)–C–C–N with tert-alkyl or cyclic N) is 1. The Balaban J connectivity index is 2.43. The SMILES string of the molecule is COC(=O)[C@H]1C[C@@H](O)CN1S(=O)(=O)c1ccc(OC)c(OC)c1. The van der Waals surface area contributed by atoms with Gasteiger partial charge in [0.05, 0.1) is 32.3 Å². The number of carbonyl (C=O) groups is 1. The second kappa shape index (κ2) is 6.73. The highest BCUT2D eigenvalue weighted by molar-refractivity contribution is 7.89. The van der Waals surface area contributed by atoms with Crippen molar-refractivity contribution in [2.24, 2.45) is 0 Å². The van der Waals surface area contributed by atoms with Crippen molar-refractivity contribution in [3.05, 3.63) is 18.2 Å². The highest BCUT2D eigenvalue weighted by Gasteiger charge is 2.44. The van der Waals surface area contributed by atoms with Gasteiger partial charge in [-0.15, -0.1) is 0 Å². The Kier molecular flexibility index (Phi) is 5.12. The van der Waals surface area contributed by atoms with Crippen LogP contribution < -0.4 is 9.47 Å². The molecule has 1 aliphatic rings. The molecule has 0 aliphatic carbocycles. The van der Waals surface area contributed by atoms with Crippen LogP contribution >= 0.6 is 0 Å². The molecule has 1 aromatic rings. The molecule has 128 valence electrons. The molecule has 0 saturated carbocycles. The molecule has 1 aromatic carbocycles.